The summed E-state index contributed by atoms with van der Waals surface area (Å²) in [4.78, 5) is 18.0. The molecule has 0 atom stereocenters. The third kappa shape index (κ3) is 3.41. The van der Waals surface area contributed by atoms with Gasteiger partial charge in [-0.2, -0.15) is 0 Å². The molecule has 1 aliphatic carbocycles. The molecule has 1 fully saturated rings. The van der Waals surface area contributed by atoms with Crippen molar-refractivity contribution in [2.24, 2.45) is 0 Å². The van der Waals surface area contributed by atoms with Gasteiger partial charge >= 0.3 is 0 Å². The highest BCUT2D eigenvalue weighted by atomic mass is 32.1. The zero-order chi connectivity index (χ0) is 12.3. The van der Waals surface area contributed by atoms with Gasteiger partial charge in [-0.25, -0.2) is 4.98 Å². The Balaban J connectivity index is 1.72. The van der Waals surface area contributed by atoms with E-state index in [0.717, 1.165) is 19.1 Å². The van der Waals surface area contributed by atoms with E-state index >= 15 is 0 Å². The first-order chi connectivity index (χ1) is 8.20. The van der Waals surface area contributed by atoms with E-state index in [2.05, 4.69) is 22.1 Å². The van der Waals surface area contributed by atoms with Crippen LogP contribution in [0.3, 0.4) is 0 Å². The first-order valence-electron chi connectivity index (χ1n) is 5.94. The van der Waals surface area contributed by atoms with Gasteiger partial charge in [0.2, 0.25) is 0 Å². The Morgan fingerprint density at radius 2 is 2.47 bits per heavy atom. The number of carbonyl (C=O) groups excluding carboxylic acids is 1. The first kappa shape index (κ1) is 12.3. The largest absolute Gasteiger partial charge is 0.375 e. The van der Waals surface area contributed by atoms with E-state index in [0.29, 0.717) is 17.4 Å². The molecule has 1 aliphatic rings. The Kier molecular flexibility index (Phi) is 3.96. The van der Waals surface area contributed by atoms with Crippen molar-refractivity contribution in [3.05, 3.63) is 11.1 Å². The molecular weight excluding hydrogens is 236 g/mol. The second kappa shape index (κ2) is 5.46. The van der Waals surface area contributed by atoms with Crippen molar-refractivity contribution in [2.75, 3.05) is 25.4 Å². The van der Waals surface area contributed by atoms with Crippen molar-refractivity contribution >= 4 is 22.4 Å². The number of nitrogens with zero attached hydrogens (tertiary/aromatic N) is 2. The second-order valence-electron chi connectivity index (χ2n) is 4.19. The van der Waals surface area contributed by atoms with E-state index in [9.17, 15) is 4.79 Å². The Hall–Kier alpha value is -1.14. The van der Waals surface area contributed by atoms with Crippen molar-refractivity contribution in [1.29, 1.82) is 0 Å². The summed E-state index contributed by atoms with van der Waals surface area (Å²) in [5, 5.41) is 4.99. The summed E-state index contributed by atoms with van der Waals surface area (Å²) in [6.07, 6.45) is 2.59. The molecule has 0 bridgehead atoms. The molecule has 0 spiro atoms. The van der Waals surface area contributed by atoms with Gasteiger partial charge in [0.05, 0.1) is 0 Å². The van der Waals surface area contributed by atoms with E-state index in [-0.39, 0.29) is 5.91 Å². The zero-order valence-electron chi connectivity index (χ0n) is 9.98. The number of carbonyl (C=O) groups is 1. The van der Waals surface area contributed by atoms with Gasteiger partial charge in [-0.3, -0.25) is 9.69 Å². The zero-order valence-corrected chi connectivity index (χ0v) is 10.8. The van der Waals surface area contributed by atoms with Gasteiger partial charge in [-0.05, 0) is 19.4 Å². The number of anilines is 1. The van der Waals surface area contributed by atoms with Crippen LogP contribution >= 0.6 is 11.3 Å². The summed E-state index contributed by atoms with van der Waals surface area (Å²) in [7, 11) is 0. The van der Waals surface area contributed by atoms with Crippen LogP contribution in [0.4, 0.5) is 5.13 Å². The highest BCUT2D eigenvalue weighted by molar-refractivity contribution is 7.13. The summed E-state index contributed by atoms with van der Waals surface area (Å²) in [6, 6.07) is 0.742. The Morgan fingerprint density at radius 1 is 1.71 bits per heavy atom. The SMILES string of the molecule is CCN(CCNC(=O)c1csc(N)n1)C1CC1. The van der Waals surface area contributed by atoms with Crippen LogP contribution in [-0.4, -0.2) is 41.5 Å². The lowest BCUT2D eigenvalue weighted by molar-refractivity contribution is 0.0944. The molecule has 2 rings (SSSR count). The standard InChI is InChI=1S/C11H18N4OS/c1-2-15(8-3-4-8)6-5-13-10(16)9-7-17-11(12)14-9/h7-8H,2-6H2,1H3,(H2,12,14)(H,13,16). The number of nitrogen functional groups attached to an aromatic ring is 1. The molecule has 1 aromatic heterocycles. The number of hydrogen-bond acceptors (Lipinski definition) is 5. The average Bonchev–Trinajstić information content (AvgIpc) is 3.06. The van der Waals surface area contributed by atoms with Crippen LogP contribution in [0.15, 0.2) is 5.38 Å². The molecule has 0 saturated heterocycles. The Bertz CT molecular complexity index is 389. The maximum absolute atomic E-state index is 11.7. The number of aromatic nitrogens is 1. The predicted molar refractivity (Wildman–Crippen MR) is 69.1 cm³/mol. The van der Waals surface area contributed by atoms with Gasteiger partial charge in [0.15, 0.2) is 5.13 Å². The fourth-order valence-electron chi connectivity index (χ4n) is 1.83. The van der Waals surface area contributed by atoms with Gasteiger partial charge in [-0.1, -0.05) is 6.92 Å². The van der Waals surface area contributed by atoms with Crippen LogP contribution < -0.4 is 11.1 Å². The van der Waals surface area contributed by atoms with Gasteiger partial charge in [0.25, 0.3) is 5.91 Å². The summed E-state index contributed by atoms with van der Waals surface area (Å²) in [6.45, 7) is 4.78. The van der Waals surface area contributed by atoms with Crippen molar-refractivity contribution < 1.29 is 4.79 Å². The molecule has 94 valence electrons. The topological polar surface area (TPSA) is 71.2 Å². The van der Waals surface area contributed by atoms with Crippen LogP contribution in [0.5, 0.6) is 0 Å². The van der Waals surface area contributed by atoms with Gasteiger partial charge in [-0.15, -0.1) is 11.3 Å². The highest BCUT2D eigenvalue weighted by Gasteiger charge is 2.27. The number of nitrogens with two attached hydrogens (primary N) is 1. The van der Waals surface area contributed by atoms with Crippen LogP contribution in [0.2, 0.25) is 0 Å². The van der Waals surface area contributed by atoms with Gasteiger partial charge in [0, 0.05) is 24.5 Å². The third-order valence-corrected chi connectivity index (χ3v) is 3.58. The molecule has 1 amide bonds. The number of nitrogens with one attached hydrogen (secondary N) is 1. The minimum absolute atomic E-state index is 0.134. The maximum Gasteiger partial charge on any atom is 0.270 e. The van der Waals surface area contributed by atoms with Crippen molar-refractivity contribution in [3.8, 4) is 0 Å². The van der Waals surface area contributed by atoms with Gasteiger partial charge in [0.1, 0.15) is 5.69 Å². The van der Waals surface area contributed by atoms with Crippen LogP contribution in [-0.2, 0) is 0 Å². The van der Waals surface area contributed by atoms with Crippen LogP contribution in [0.1, 0.15) is 30.3 Å². The van der Waals surface area contributed by atoms with Crippen LogP contribution in [0, 0.1) is 0 Å². The highest BCUT2D eigenvalue weighted by Crippen LogP contribution is 2.25. The molecule has 5 nitrogen and oxygen atoms in total. The minimum Gasteiger partial charge on any atom is -0.375 e. The molecule has 1 aromatic rings. The van der Waals surface area contributed by atoms with E-state index in [1.54, 1.807) is 5.38 Å². The number of amides is 1. The van der Waals surface area contributed by atoms with Crippen molar-refractivity contribution in [1.82, 2.24) is 15.2 Å². The molecule has 3 N–H and O–H groups in total. The van der Waals surface area contributed by atoms with E-state index in [4.69, 9.17) is 5.73 Å². The lowest BCUT2D eigenvalue weighted by Crippen LogP contribution is -2.36. The van der Waals surface area contributed by atoms with Crippen molar-refractivity contribution in [2.45, 2.75) is 25.8 Å². The van der Waals surface area contributed by atoms with E-state index in [1.807, 2.05) is 0 Å². The number of likely N-dealkylation sites (N-methyl/N-ethyl adjacent to an activating group) is 1. The predicted octanol–water partition coefficient (Wildman–Crippen LogP) is 0.939. The number of thiazole rings is 1. The second-order valence-corrected chi connectivity index (χ2v) is 5.08. The summed E-state index contributed by atoms with van der Waals surface area (Å²) < 4.78 is 0. The normalized spacial score (nSPS) is 15.2. The molecule has 0 aromatic carbocycles. The minimum atomic E-state index is -0.134. The molecule has 1 saturated carbocycles. The molecule has 17 heavy (non-hydrogen) atoms. The fourth-order valence-corrected chi connectivity index (χ4v) is 2.38. The lowest BCUT2D eigenvalue weighted by atomic mass is 10.4. The molecule has 0 unspecified atom stereocenters. The Morgan fingerprint density at radius 3 is 3.00 bits per heavy atom. The average molecular weight is 254 g/mol. The molecule has 0 aliphatic heterocycles. The third-order valence-electron chi connectivity index (χ3n) is 2.91. The van der Waals surface area contributed by atoms with Gasteiger partial charge < -0.3 is 11.1 Å². The fraction of sp³-hybridized carbons (Fsp3) is 0.636. The summed E-state index contributed by atoms with van der Waals surface area (Å²) >= 11 is 1.29. The van der Waals surface area contributed by atoms with Crippen molar-refractivity contribution in [3.63, 3.8) is 0 Å². The first-order valence-corrected chi connectivity index (χ1v) is 6.82. The molecular formula is C11H18N4OS. The smallest absolute Gasteiger partial charge is 0.270 e. The van der Waals surface area contributed by atoms with Crippen LogP contribution in [0.25, 0.3) is 0 Å². The Labute approximate surface area is 105 Å². The van der Waals surface area contributed by atoms with E-state index < -0.39 is 0 Å². The number of hydrogen-bond donors (Lipinski definition) is 2. The molecule has 1 heterocycles. The summed E-state index contributed by atoms with van der Waals surface area (Å²) in [5.74, 6) is -0.134. The van der Waals surface area contributed by atoms with E-state index in [1.165, 1.54) is 24.2 Å². The monoisotopic (exact) mass is 254 g/mol. The lowest BCUT2D eigenvalue weighted by Gasteiger charge is -2.19. The number of rotatable bonds is 6. The molecule has 0 radical (unpaired) electrons. The molecule has 6 heteroatoms. The summed E-state index contributed by atoms with van der Waals surface area (Å²) in [5.41, 5.74) is 5.90. The quantitative estimate of drug-likeness (QED) is 0.792. The maximum atomic E-state index is 11.7.